The molecule has 0 atom stereocenters. The third-order valence-electron chi connectivity index (χ3n) is 2.42. The fraction of sp³-hybridized carbons (Fsp3) is 0.231. The largest absolute Gasteiger partial charge is 0.486 e. The lowest BCUT2D eigenvalue weighted by Gasteiger charge is -2.05. The second-order valence-corrected chi connectivity index (χ2v) is 5.35. The van der Waals surface area contributed by atoms with Crippen molar-refractivity contribution in [2.75, 3.05) is 0 Å². The van der Waals surface area contributed by atoms with E-state index in [0.29, 0.717) is 17.3 Å². The molecule has 1 N–H and O–H groups in total. The van der Waals surface area contributed by atoms with Crippen molar-refractivity contribution in [2.45, 2.75) is 20.0 Å². The number of rotatable bonds is 5. The second-order valence-electron chi connectivity index (χ2n) is 4.00. The van der Waals surface area contributed by atoms with E-state index in [4.69, 9.17) is 21.4 Å². The van der Waals surface area contributed by atoms with Gasteiger partial charge in [-0.15, -0.1) is 11.3 Å². The Bertz CT molecular complexity index is 597. The molecule has 0 fully saturated rings. The monoisotopic (exact) mass is 297 g/mol. The van der Waals surface area contributed by atoms with Crippen LogP contribution < -0.4 is 4.74 Å². The first-order chi connectivity index (χ1) is 9.04. The van der Waals surface area contributed by atoms with Crippen LogP contribution >= 0.6 is 22.9 Å². The number of halogens is 1. The molecular weight excluding hydrogens is 286 g/mol. The second kappa shape index (κ2) is 6.04. The van der Waals surface area contributed by atoms with Crippen LogP contribution in [0.15, 0.2) is 23.6 Å². The molecule has 19 heavy (non-hydrogen) atoms. The molecule has 0 saturated carbocycles. The number of nitrogens with zero attached hydrogens (tertiary/aromatic N) is 1. The third kappa shape index (κ3) is 3.94. The molecule has 1 heterocycles. The number of aromatic nitrogens is 1. The summed E-state index contributed by atoms with van der Waals surface area (Å²) in [5.74, 6) is -0.164. The first kappa shape index (κ1) is 13.8. The quantitative estimate of drug-likeness (QED) is 0.920. The molecule has 0 amide bonds. The van der Waals surface area contributed by atoms with Crippen LogP contribution in [0.2, 0.25) is 5.02 Å². The molecule has 0 bridgehead atoms. The van der Waals surface area contributed by atoms with Crippen molar-refractivity contribution in [2.24, 2.45) is 0 Å². The van der Waals surface area contributed by atoms with Crippen molar-refractivity contribution >= 4 is 28.9 Å². The van der Waals surface area contributed by atoms with E-state index in [2.05, 4.69) is 4.98 Å². The highest BCUT2D eigenvalue weighted by Crippen LogP contribution is 2.22. The number of benzene rings is 1. The fourth-order valence-electron chi connectivity index (χ4n) is 1.50. The number of hydrogen-bond donors (Lipinski definition) is 1. The van der Waals surface area contributed by atoms with Crippen LogP contribution in [0.3, 0.4) is 0 Å². The summed E-state index contributed by atoms with van der Waals surface area (Å²) in [5.41, 5.74) is 1.51. The van der Waals surface area contributed by atoms with Gasteiger partial charge in [0.25, 0.3) is 0 Å². The van der Waals surface area contributed by atoms with E-state index in [1.54, 1.807) is 17.5 Å². The van der Waals surface area contributed by atoms with Crippen LogP contribution in [0.5, 0.6) is 5.75 Å². The lowest BCUT2D eigenvalue weighted by atomic mass is 10.2. The Morgan fingerprint density at radius 3 is 3.00 bits per heavy atom. The zero-order valence-electron chi connectivity index (χ0n) is 10.2. The summed E-state index contributed by atoms with van der Waals surface area (Å²) in [6.07, 6.45) is -0.0590. The van der Waals surface area contributed by atoms with Gasteiger partial charge in [0.1, 0.15) is 17.4 Å². The lowest BCUT2D eigenvalue weighted by Crippen LogP contribution is -2.01. The molecule has 100 valence electrons. The molecule has 0 unspecified atom stereocenters. The van der Waals surface area contributed by atoms with Gasteiger partial charge in [-0.25, -0.2) is 4.98 Å². The third-order valence-corrected chi connectivity index (χ3v) is 3.72. The summed E-state index contributed by atoms with van der Waals surface area (Å²) >= 11 is 7.32. The fourth-order valence-corrected chi connectivity index (χ4v) is 2.33. The molecule has 6 heteroatoms. The van der Waals surface area contributed by atoms with Gasteiger partial charge in [-0.05, 0) is 30.7 Å². The van der Waals surface area contributed by atoms with Gasteiger partial charge in [0.05, 0.1) is 12.1 Å². The van der Waals surface area contributed by atoms with Gasteiger partial charge in [0.15, 0.2) is 0 Å². The molecule has 0 radical (unpaired) electrons. The number of ether oxygens (including phenoxy) is 1. The van der Waals surface area contributed by atoms with Gasteiger partial charge < -0.3 is 9.84 Å². The Morgan fingerprint density at radius 2 is 2.32 bits per heavy atom. The maximum absolute atomic E-state index is 10.5. The van der Waals surface area contributed by atoms with E-state index < -0.39 is 5.97 Å². The van der Waals surface area contributed by atoms with E-state index >= 15 is 0 Å². The van der Waals surface area contributed by atoms with Gasteiger partial charge in [0.2, 0.25) is 0 Å². The maximum Gasteiger partial charge on any atom is 0.309 e. The number of carboxylic acids is 1. The molecule has 0 saturated heterocycles. The van der Waals surface area contributed by atoms with Crippen molar-refractivity contribution in [1.82, 2.24) is 4.98 Å². The van der Waals surface area contributed by atoms with Gasteiger partial charge in [-0.3, -0.25) is 4.79 Å². The molecule has 0 spiro atoms. The highest BCUT2D eigenvalue weighted by Gasteiger charge is 2.07. The standard InChI is InChI=1S/C13H12ClNO3S/c1-8-4-10(2-3-11(8)14)18-6-12-15-9(7-19-12)5-13(16)17/h2-4,7H,5-6H2,1H3,(H,16,17). The van der Waals surface area contributed by atoms with E-state index in [1.165, 1.54) is 11.3 Å². The normalized spacial score (nSPS) is 10.4. The van der Waals surface area contributed by atoms with Crippen molar-refractivity contribution < 1.29 is 14.6 Å². The maximum atomic E-state index is 10.5. The lowest BCUT2D eigenvalue weighted by molar-refractivity contribution is -0.136. The Labute approximate surface area is 119 Å². The Kier molecular flexibility index (Phi) is 4.39. The average molecular weight is 298 g/mol. The van der Waals surface area contributed by atoms with Gasteiger partial charge in [-0.2, -0.15) is 0 Å². The van der Waals surface area contributed by atoms with Crippen LogP contribution in [0.1, 0.15) is 16.3 Å². The minimum absolute atomic E-state index is 0.0590. The number of carboxylic acid groups (broad SMARTS) is 1. The number of aliphatic carboxylic acids is 1. The molecule has 1 aromatic carbocycles. The van der Waals surface area contributed by atoms with E-state index in [9.17, 15) is 4.79 Å². The molecular formula is C13H12ClNO3S. The highest BCUT2D eigenvalue weighted by molar-refractivity contribution is 7.09. The molecule has 0 aliphatic carbocycles. The highest BCUT2D eigenvalue weighted by atomic mass is 35.5. The summed E-state index contributed by atoms with van der Waals surface area (Å²) in [6.45, 7) is 2.23. The molecule has 2 rings (SSSR count). The van der Waals surface area contributed by atoms with Gasteiger partial charge in [0, 0.05) is 10.4 Å². The molecule has 1 aromatic heterocycles. The van der Waals surface area contributed by atoms with E-state index in [1.807, 2.05) is 13.0 Å². The number of carbonyl (C=O) groups is 1. The summed E-state index contributed by atoms with van der Waals surface area (Å²) in [6, 6.07) is 5.43. The Balaban J connectivity index is 1.96. The van der Waals surface area contributed by atoms with E-state index in [-0.39, 0.29) is 6.42 Å². The summed E-state index contributed by atoms with van der Waals surface area (Å²) in [5, 5.41) is 11.9. The van der Waals surface area contributed by atoms with Crippen molar-refractivity contribution in [3.63, 3.8) is 0 Å². The predicted molar refractivity (Wildman–Crippen MR) is 74.0 cm³/mol. The van der Waals surface area contributed by atoms with Crippen molar-refractivity contribution in [3.8, 4) is 5.75 Å². The minimum atomic E-state index is -0.883. The van der Waals surface area contributed by atoms with Crippen LogP contribution in [0, 0.1) is 6.92 Å². The summed E-state index contributed by atoms with van der Waals surface area (Å²) in [4.78, 5) is 14.7. The first-order valence-electron chi connectivity index (χ1n) is 5.58. The number of thiazole rings is 1. The topological polar surface area (TPSA) is 59.4 Å². The minimum Gasteiger partial charge on any atom is -0.486 e. The average Bonchev–Trinajstić information content (AvgIpc) is 2.77. The Morgan fingerprint density at radius 1 is 1.53 bits per heavy atom. The smallest absolute Gasteiger partial charge is 0.309 e. The first-order valence-corrected chi connectivity index (χ1v) is 6.84. The van der Waals surface area contributed by atoms with Gasteiger partial charge in [-0.1, -0.05) is 11.6 Å². The summed E-state index contributed by atoms with van der Waals surface area (Å²) < 4.78 is 5.59. The van der Waals surface area contributed by atoms with Crippen molar-refractivity contribution in [1.29, 1.82) is 0 Å². The number of hydrogen-bond acceptors (Lipinski definition) is 4. The van der Waals surface area contributed by atoms with Crippen molar-refractivity contribution in [3.05, 3.63) is 44.9 Å². The van der Waals surface area contributed by atoms with Crippen LogP contribution in [0.25, 0.3) is 0 Å². The predicted octanol–water partition coefficient (Wildman–Crippen LogP) is 3.31. The van der Waals surface area contributed by atoms with Crippen LogP contribution in [-0.2, 0) is 17.8 Å². The van der Waals surface area contributed by atoms with E-state index in [0.717, 1.165) is 16.3 Å². The summed E-state index contributed by atoms with van der Waals surface area (Å²) in [7, 11) is 0. The molecule has 4 nitrogen and oxygen atoms in total. The van der Waals surface area contributed by atoms with Gasteiger partial charge >= 0.3 is 5.97 Å². The zero-order valence-corrected chi connectivity index (χ0v) is 11.8. The Hall–Kier alpha value is -1.59. The number of aryl methyl sites for hydroxylation is 1. The molecule has 0 aliphatic rings. The zero-order chi connectivity index (χ0) is 13.8. The van der Waals surface area contributed by atoms with Crippen LogP contribution in [0.4, 0.5) is 0 Å². The molecule has 0 aliphatic heterocycles. The SMILES string of the molecule is Cc1cc(OCc2nc(CC(=O)O)cs2)ccc1Cl. The van der Waals surface area contributed by atoms with Crippen LogP contribution in [-0.4, -0.2) is 16.1 Å². The molecule has 2 aromatic rings.